The second-order valence-corrected chi connectivity index (χ2v) is 4.48. The predicted molar refractivity (Wildman–Crippen MR) is 68.8 cm³/mol. The molecule has 1 aromatic carbocycles. The van der Waals surface area contributed by atoms with Crippen LogP contribution in [0.4, 0.5) is 4.39 Å². The van der Waals surface area contributed by atoms with E-state index < -0.39 is 0 Å². The highest BCUT2D eigenvalue weighted by molar-refractivity contribution is 6.30. The lowest BCUT2D eigenvalue weighted by atomic mass is 10.1. The third-order valence-electron chi connectivity index (χ3n) is 2.58. The van der Waals surface area contributed by atoms with E-state index in [1.165, 1.54) is 6.07 Å². The van der Waals surface area contributed by atoms with E-state index in [0.29, 0.717) is 19.2 Å². The molecule has 0 aliphatic carbocycles. The normalized spacial score (nSPS) is 12.7. The van der Waals surface area contributed by atoms with Crippen LogP contribution in [0.3, 0.4) is 0 Å². The van der Waals surface area contributed by atoms with Gasteiger partial charge in [0.15, 0.2) is 0 Å². The van der Waals surface area contributed by atoms with Crippen LogP contribution in [0.5, 0.6) is 0 Å². The molecule has 0 bridgehead atoms. The fraction of sp³-hybridized carbons (Fsp3) is 0.538. The molecule has 0 aromatic heterocycles. The molecule has 0 saturated heterocycles. The Morgan fingerprint density at radius 1 is 1.47 bits per heavy atom. The monoisotopic (exact) mass is 259 g/mol. The Bertz CT molecular complexity index is 340. The number of hydrogen-bond donors (Lipinski definition) is 1. The minimum Gasteiger partial charge on any atom is -0.383 e. The molecule has 0 amide bonds. The average Bonchev–Trinajstić information content (AvgIpc) is 2.31. The number of benzene rings is 1. The molecule has 4 heteroatoms. The molecule has 1 atom stereocenters. The number of halogens is 2. The van der Waals surface area contributed by atoms with Crippen LogP contribution in [0.2, 0.25) is 5.02 Å². The van der Waals surface area contributed by atoms with Crippen LogP contribution in [0.1, 0.15) is 25.3 Å². The predicted octanol–water partition coefficient (Wildman–Crippen LogP) is 3.38. The molecule has 0 aliphatic rings. The van der Waals surface area contributed by atoms with Crippen molar-refractivity contribution in [1.82, 2.24) is 5.32 Å². The van der Waals surface area contributed by atoms with Crippen molar-refractivity contribution in [2.24, 2.45) is 0 Å². The summed E-state index contributed by atoms with van der Waals surface area (Å²) in [5.41, 5.74) is 0.893. The van der Waals surface area contributed by atoms with Gasteiger partial charge in [0.25, 0.3) is 0 Å². The first-order valence-corrected chi connectivity index (χ1v) is 6.21. The lowest BCUT2D eigenvalue weighted by Gasteiger charge is -2.17. The Hall–Kier alpha value is -0.640. The van der Waals surface area contributed by atoms with Crippen molar-refractivity contribution >= 4 is 11.6 Å². The number of methoxy groups -OCH3 is 1. The van der Waals surface area contributed by atoms with E-state index in [4.69, 9.17) is 16.3 Å². The summed E-state index contributed by atoms with van der Waals surface area (Å²) in [4.78, 5) is 0. The molecule has 0 aliphatic heterocycles. The van der Waals surface area contributed by atoms with E-state index in [2.05, 4.69) is 12.2 Å². The fourth-order valence-corrected chi connectivity index (χ4v) is 1.82. The first-order valence-electron chi connectivity index (χ1n) is 5.83. The van der Waals surface area contributed by atoms with E-state index in [1.54, 1.807) is 13.2 Å². The van der Waals surface area contributed by atoms with Crippen LogP contribution < -0.4 is 5.32 Å². The largest absolute Gasteiger partial charge is 0.383 e. The molecular weight excluding hydrogens is 241 g/mol. The maximum atomic E-state index is 13.2. The molecular formula is C13H19ClFNO. The van der Waals surface area contributed by atoms with Crippen molar-refractivity contribution in [3.8, 4) is 0 Å². The van der Waals surface area contributed by atoms with Crippen molar-refractivity contribution in [2.75, 3.05) is 13.7 Å². The van der Waals surface area contributed by atoms with Crippen LogP contribution in [0, 0.1) is 5.82 Å². The molecule has 1 N–H and O–H groups in total. The highest BCUT2D eigenvalue weighted by atomic mass is 35.5. The molecule has 2 nitrogen and oxygen atoms in total. The van der Waals surface area contributed by atoms with E-state index in [9.17, 15) is 4.39 Å². The molecule has 1 aromatic rings. The average molecular weight is 260 g/mol. The smallest absolute Gasteiger partial charge is 0.142 e. The molecule has 96 valence electrons. The Labute approximate surface area is 107 Å². The molecule has 17 heavy (non-hydrogen) atoms. The van der Waals surface area contributed by atoms with Crippen molar-refractivity contribution in [3.63, 3.8) is 0 Å². The zero-order valence-electron chi connectivity index (χ0n) is 10.3. The number of hydrogen-bond acceptors (Lipinski definition) is 2. The van der Waals surface area contributed by atoms with Crippen LogP contribution in [-0.2, 0) is 11.3 Å². The van der Waals surface area contributed by atoms with Crippen LogP contribution in [-0.4, -0.2) is 19.8 Å². The zero-order valence-corrected chi connectivity index (χ0v) is 11.1. The summed E-state index contributed by atoms with van der Waals surface area (Å²) in [7, 11) is 1.69. The lowest BCUT2D eigenvalue weighted by Crippen LogP contribution is -2.32. The van der Waals surface area contributed by atoms with Crippen molar-refractivity contribution in [1.29, 1.82) is 0 Å². The standard InChI is InChI=1S/C13H19ClFNO/c1-3-4-11(9-17-2)16-8-10-5-6-12(14)13(15)7-10/h5-7,11,16H,3-4,8-9H2,1-2H3. The maximum Gasteiger partial charge on any atom is 0.142 e. The number of nitrogens with one attached hydrogen (secondary N) is 1. The van der Waals surface area contributed by atoms with Crippen molar-refractivity contribution in [2.45, 2.75) is 32.4 Å². The van der Waals surface area contributed by atoms with Gasteiger partial charge in [-0.05, 0) is 24.1 Å². The number of rotatable bonds is 7. The molecule has 1 rings (SSSR count). The maximum absolute atomic E-state index is 13.2. The van der Waals surface area contributed by atoms with E-state index in [0.717, 1.165) is 18.4 Å². The Kier molecular flexibility index (Phi) is 6.48. The summed E-state index contributed by atoms with van der Waals surface area (Å²) in [6.07, 6.45) is 2.14. The Morgan fingerprint density at radius 3 is 2.82 bits per heavy atom. The molecule has 0 spiro atoms. The Morgan fingerprint density at radius 2 is 2.24 bits per heavy atom. The molecule has 0 fully saturated rings. The summed E-state index contributed by atoms with van der Waals surface area (Å²) in [5, 5.41) is 3.51. The van der Waals surface area contributed by atoms with Gasteiger partial charge >= 0.3 is 0 Å². The summed E-state index contributed by atoms with van der Waals surface area (Å²) < 4.78 is 18.3. The lowest BCUT2D eigenvalue weighted by molar-refractivity contribution is 0.161. The minimum absolute atomic E-state index is 0.163. The van der Waals surface area contributed by atoms with Gasteiger partial charge in [0.05, 0.1) is 11.6 Å². The van der Waals surface area contributed by atoms with Gasteiger partial charge in [-0.2, -0.15) is 0 Å². The van der Waals surface area contributed by atoms with Gasteiger partial charge < -0.3 is 10.1 Å². The third-order valence-corrected chi connectivity index (χ3v) is 2.89. The van der Waals surface area contributed by atoms with Gasteiger partial charge in [0.2, 0.25) is 0 Å². The summed E-state index contributed by atoms with van der Waals surface area (Å²) in [5.74, 6) is -0.371. The van der Waals surface area contributed by atoms with E-state index >= 15 is 0 Å². The fourth-order valence-electron chi connectivity index (χ4n) is 1.71. The Balaban J connectivity index is 2.49. The van der Waals surface area contributed by atoms with Gasteiger partial charge in [-0.1, -0.05) is 31.0 Å². The van der Waals surface area contributed by atoms with Crippen molar-refractivity contribution < 1.29 is 9.13 Å². The quantitative estimate of drug-likeness (QED) is 0.811. The highest BCUT2D eigenvalue weighted by Gasteiger charge is 2.07. The summed E-state index contributed by atoms with van der Waals surface area (Å²) in [6, 6.07) is 5.18. The molecule has 0 heterocycles. The summed E-state index contributed by atoms with van der Waals surface area (Å²) in [6.45, 7) is 3.43. The van der Waals surface area contributed by atoms with Crippen LogP contribution in [0.15, 0.2) is 18.2 Å². The van der Waals surface area contributed by atoms with Gasteiger partial charge in [-0.3, -0.25) is 0 Å². The topological polar surface area (TPSA) is 21.3 Å². The van der Waals surface area contributed by atoms with Gasteiger partial charge in [0.1, 0.15) is 5.82 Å². The number of ether oxygens (including phenoxy) is 1. The molecule has 0 saturated carbocycles. The summed E-state index contributed by atoms with van der Waals surface area (Å²) >= 11 is 5.63. The SMILES string of the molecule is CCCC(COC)NCc1ccc(Cl)c(F)c1. The van der Waals surface area contributed by atoms with E-state index in [-0.39, 0.29) is 10.8 Å². The first-order chi connectivity index (χ1) is 8.17. The highest BCUT2D eigenvalue weighted by Crippen LogP contribution is 2.15. The zero-order chi connectivity index (χ0) is 12.7. The van der Waals surface area contributed by atoms with Gasteiger partial charge in [-0.15, -0.1) is 0 Å². The van der Waals surface area contributed by atoms with Gasteiger partial charge in [-0.25, -0.2) is 4.39 Å². The molecule has 1 unspecified atom stereocenters. The van der Waals surface area contributed by atoms with Crippen molar-refractivity contribution in [3.05, 3.63) is 34.6 Å². The van der Waals surface area contributed by atoms with Crippen LogP contribution >= 0.6 is 11.6 Å². The van der Waals surface area contributed by atoms with Gasteiger partial charge in [0, 0.05) is 19.7 Å². The second kappa shape index (κ2) is 7.64. The molecule has 0 radical (unpaired) electrons. The first kappa shape index (κ1) is 14.4. The minimum atomic E-state index is -0.371. The second-order valence-electron chi connectivity index (χ2n) is 4.07. The van der Waals surface area contributed by atoms with Crippen LogP contribution in [0.25, 0.3) is 0 Å². The third kappa shape index (κ3) is 5.02. The van der Waals surface area contributed by atoms with E-state index in [1.807, 2.05) is 6.07 Å².